The molecule has 2 amide bonds. The number of nitrogens with one attached hydrogen (secondary N) is 1. The van der Waals surface area contributed by atoms with Crippen molar-refractivity contribution < 1.29 is 18.7 Å². The number of amides is 2. The van der Waals surface area contributed by atoms with E-state index in [4.69, 9.17) is 16.3 Å². The van der Waals surface area contributed by atoms with Gasteiger partial charge < -0.3 is 15.0 Å². The van der Waals surface area contributed by atoms with E-state index in [1.807, 2.05) is 0 Å². The van der Waals surface area contributed by atoms with Crippen molar-refractivity contribution in [2.24, 2.45) is 0 Å². The summed E-state index contributed by atoms with van der Waals surface area (Å²) in [6, 6.07) is 10.9. The van der Waals surface area contributed by atoms with Gasteiger partial charge in [-0.05, 0) is 35.9 Å². The second-order valence-corrected chi connectivity index (χ2v) is 5.85. The third-order valence-corrected chi connectivity index (χ3v) is 3.78. The molecule has 0 heterocycles. The highest BCUT2D eigenvalue weighted by Gasteiger charge is 2.13. The summed E-state index contributed by atoms with van der Waals surface area (Å²) in [6.07, 6.45) is 0. The molecule has 0 spiro atoms. The van der Waals surface area contributed by atoms with E-state index < -0.39 is 5.82 Å². The summed E-state index contributed by atoms with van der Waals surface area (Å²) in [5.74, 6) is -1.03. The maximum absolute atomic E-state index is 13.7. The first kappa shape index (κ1) is 18.7. The van der Waals surface area contributed by atoms with Crippen LogP contribution in [-0.4, -0.2) is 37.4 Å². The lowest BCUT2D eigenvalue weighted by molar-refractivity contribution is -0.129. The molecule has 2 aromatic carbocycles. The van der Waals surface area contributed by atoms with Crippen molar-refractivity contribution >= 4 is 23.4 Å². The van der Waals surface area contributed by atoms with Crippen LogP contribution in [0.2, 0.25) is 5.02 Å². The van der Waals surface area contributed by atoms with Crippen LogP contribution >= 0.6 is 11.6 Å². The molecule has 0 bridgehead atoms. The topological polar surface area (TPSA) is 58.6 Å². The lowest BCUT2D eigenvalue weighted by Gasteiger charge is -2.18. The number of ether oxygens (including phenoxy) is 1. The Kier molecular flexibility index (Phi) is 6.36. The number of nitrogens with zero attached hydrogens (tertiary/aromatic N) is 1. The fraction of sp³-hybridized carbons (Fsp3) is 0.222. The van der Waals surface area contributed by atoms with E-state index >= 15 is 0 Å². The molecular weight excluding hydrogens is 347 g/mol. The van der Waals surface area contributed by atoms with Crippen LogP contribution in [0.3, 0.4) is 0 Å². The molecule has 0 atom stereocenters. The number of methoxy groups -OCH3 is 1. The summed E-state index contributed by atoms with van der Waals surface area (Å²) < 4.78 is 18.5. The molecule has 0 fully saturated rings. The third kappa shape index (κ3) is 5.19. The molecule has 0 saturated heterocycles. The van der Waals surface area contributed by atoms with Gasteiger partial charge in [-0.15, -0.1) is 0 Å². The summed E-state index contributed by atoms with van der Waals surface area (Å²) in [5.41, 5.74) is 0.996. The Hall–Kier alpha value is -2.60. The zero-order valence-corrected chi connectivity index (χ0v) is 14.6. The first-order valence-corrected chi connectivity index (χ1v) is 7.88. The highest BCUT2D eigenvalue weighted by Crippen LogP contribution is 2.18. The Bertz CT molecular complexity index is 783. The van der Waals surface area contributed by atoms with E-state index in [0.717, 1.165) is 0 Å². The molecule has 0 aliphatic carbocycles. The largest absolute Gasteiger partial charge is 0.494 e. The van der Waals surface area contributed by atoms with Gasteiger partial charge in [-0.3, -0.25) is 9.59 Å². The fourth-order valence-corrected chi connectivity index (χ4v) is 2.38. The second kappa shape index (κ2) is 8.48. The van der Waals surface area contributed by atoms with Gasteiger partial charge in [0.2, 0.25) is 5.91 Å². The van der Waals surface area contributed by atoms with Crippen molar-refractivity contribution in [1.82, 2.24) is 10.2 Å². The molecule has 5 nitrogen and oxygen atoms in total. The Morgan fingerprint density at radius 1 is 1.24 bits per heavy atom. The van der Waals surface area contributed by atoms with Gasteiger partial charge in [-0.2, -0.15) is 0 Å². The molecular formula is C18H18ClFN2O3. The van der Waals surface area contributed by atoms with Gasteiger partial charge >= 0.3 is 0 Å². The Morgan fingerprint density at radius 2 is 2.00 bits per heavy atom. The van der Waals surface area contributed by atoms with Crippen LogP contribution in [-0.2, 0) is 11.3 Å². The van der Waals surface area contributed by atoms with Crippen LogP contribution in [0.4, 0.5) is 4.39 Å². The van der Waals surface area contributed by atoms with Gasteiger partial charge in [0, 0.05) is 24.2 Å². The third-order valence-electron chi connectivity index (χ3n) is 3.55. The molecule has 0 saturated carbocycles. The molecule has 7 heteroatoms. The molecule has 132 valence electrons. The molecule has 0 radical (unpaired) electrons. The number of hydrogen-bond acceptors (Lipinski definition) is 3. The maximum Gasteiger partial charge on any atom is 0.251 e. The quantitative estimate of drug-likeness (QED) is 0.857. The number of likely N-dealkylation sites (N-methyl/N-ethyl adjacent to an activating group) is 1. The van der Waals surface area contributed by atoms with Crippen molar-refractivity contribution in [3.8, 4) is 5.75 Å². The Labute approximate surface area is 150 Å². The molecule has 25 heavy (non-hydrogen) atoms. The van der Waals surface area contributed by atoms with Gasteiger partial charge in [0.15, 0.2) is 11.6 Å². The average Bonchev–Trinajstić information content (AvgIpc) is 2.59. The minimum Gasteiger partial charge on any atom is -0.494 e. The van der Waals surface area contributed by atoms with Crippen LogP contribution in [0.25, 0.3) is 0 Å². The summed E-state index contributed by atoms with van der Waals surface area (Å²) in [7, 11) is 2.96. The first-order chi connectivity index (χ1) is 11.9. The highest BCUT2D eigenvalue weighted by atomic mass is 35.5. The summed E-state index contributed by atoms with van der Waals surface area (Å²) in [4.78, 5) is 25.5. The average molecular weight is 365 g/mol. The Balaban J connectivity index is 1.90. The van der Waals surface area contributed by atoms with Crippen molar-refractivity contribution in [3.63, 3.8) is 0 Å². The first-order valence-electron chi connectivity index (χ1n) is 7.51. The molecule has 0 aliphatic rings. The van der Waals surface area contributed by atoms with Crippen LogP contribution in [0.15, 0.2) is 42.5 Å². The van der Waals surface area contributed by atoms with Gasteiger partial charge in [0.25, 0.3) is 5.91 Å². The molecule has 0 aromatic heterocycles. The highest BCUT2D eigenvalue weighted by molar-refractivity contribution is 6.30. The number of carbonyl (C=O) groups is 2. The van der Waals surface area contributed by atoms with Crippen LogP contribution in [0, 0.1) is 5.82 Å². The predicted octanol–water partition coefficient (Wildman–Crippen LogP) is 2.88. The van der Waals surface area contributed by atoms with E-state index in [2.05, 4.69) is 5.32 Å². The summed E-state index contributed by atoms with van der Waals surface area (Å²) >= 11 is 5.83. The van der Waals surface area contributed by atoms with Gasteiger partial charge in [0.1, 0.15) is 0 Å². The second-order valence-electron chi connectivity index (χ2n) is 5.41. The van der Waals surface area contributed by atoms with Crippen molar-refractivity contribution in [1.29, 1.82) is 0 Å². The molecule has 2 aromatic rings. The van der Waals surface area contributed by atoms with Crippen molar-refractivity contribution in [2.75, 3.05) is 20.7 Å². The normalized spacial score (nSPS) is 10.2. The smallest absolute Gasteiger partial charge is 0.251 e. The van der Waals surface area contributed by atoms with Gasteiger partial charge in [-0.1, -0.05) is 23.7 Å². The number of halogens is 2. The van der Waals surface area contributed by atoms with Gasteiger partial charge in [0.05, 0.1) is 13.7 Å². The number of benzene rings is 2. The fourth-order valence-electron chi connectivity index (χ4n) is 2.19. The minimum absolute atomic E-state index is 0.145. The van der Waals surface area contributed by atoms with E-state index in [1.165, 1.54) is 30.2 Å². The van der Waals surface area contributed by atoms with E-state index in [1.54, 1.807) is 31.3 Å². The zero-order chi connectivity index (χ0) is 18.4. The Morgan fingerprint density at radius 3 is 2.64 bits per heavy atom. The minimum atomic E-state index is -0.491. The molecule has 0 aliphatic heterocycles. The van der Waals surface area contributed by atoms with Crippen molar-refractivity contribution in [3.05, 3.63) is 64.4 Å². The SMILES string of the molecule is COc1ccc(CN(C)C(=O)CNC(=O)c2cccc(Cl)c2)cc1F. The summed E-state index contributed by atoms with van der Waals surface area (Å²) in [5, 5.41) is 2.98. The lowest BCUT2D eigenvalue weighted by Crippen LogP contribution is -2.37. The standard InChI is InChI=1S/C18H18ClFN2O3/c1-22(11-12-6-7-16(25-2)15(20)8-12)17(23)10-21-18(24)13-4-3-5-14(19)9-13/h3-9H,10-11H2,1-2H3,(H,21,24). The van der Waals surface area contributed by atoms with Crippen LogP contribution in [0.1, 0.15) is 15.9 Å². The van der Waals surface area contributed by atoms with Crippen molar-refractivity contribution in [2.45, 2.75) is 6.54 Å². The van der Waals surface area contributed by atoms with E-state index in [-0.39, 0.29) is 30.7 Å². The van der Waals surface area contributed by atoms with Crippen LogP contribution in [0.5, 0.6) is 5.75 Å². The molecule has 0 unspecified atom stereocenters. The maximum atomic E-state index is 13.7. The predicted molar refractivity (Wildman–Crippen MR) is 93.2 cm³/mol. The number of rotatable bonds is 6. The number of hydrogen-bond donors (Lipinski definition) is 1. The lowest BCUT2D eigenvalue weighted by atomic mass is 10.2. The number of carbonyl (C=O) groups excluding carboxylic acids is 2. The summed E-state index contributed by atoms with van der Waals surface area (Å²) in [6.45, 7) is 0.0489. The zero-order valence-electron chi connectivity index (χ0n) is 13.9. The van der Waals surface area contributed by atoms with Crippen LogP contribution < -0.4 is 10.1 Å². The van der Waals surface area contributed by atoms with Gasteiger partial charge in [-0.25, -0.2) is 4.39 Å². The molecule has 1 N–H and O–H groups in total. The van der Waals surface area contributed by atoms with E-state index in [0.29, 0.717) is 16.1 Å². The molecule has 2 rings (SSSR count). The van der Waals surface area contributed by atoms with E-state index in [9.17, 15) is 14.0 Å². The monoisotopic (exact) mass is 364 g/mol.